The van der Waals surface area contributed by atoms with Gasteiger partial charge in [-0.3, -0.25) is 0 Å². The molecule has 0 amide bonds. The number of nitrogens with zero attached hydrogens (tertiary/aromatic N) is 2. The molecule has 2 aromatic heterocycles. The van der Waals surface area contributed by atoms with Gasteiger partial charge in [0.2, 0.25) is 0 Å². The third-order valence-corrected chi connectivity index (χ3v) is 8.17. The smallest absolute Gasteiger partial charge is 0.145 e. The summed E-state index contributed by atoms with van der Waals surface area (Å²) in [5.74, 6) is 3.33. The number of aromatic nitrogens is 2. The van der Waals surface area contributed by atoms with Crippen molar-refractivity contribution in [3.63, 3.8) is 0 Å². The summed E-state index contributed by atoms with van der Waals surface area (Å²) in [7, 11) is 0. The lowest BCUT2D eigenvalue weighted by Crippen LogP contribution is -2.20. The quantitative estimate of drug-likeness (QED) is 0.714. The van der Waals surface area contributed by atoms with E-state index in [4.69, 9.17) is 16.6 Å². The highest BCUT2D eigenvalue weighted by molar-refractivity contribution is 8.06. The SMILES string of the molecule is CCc1cc2c(Cl)nc(C3SCCSC3CC)nc2s1. The second-order valence-corrected chi connectivity index (χ2v) is 8.84. The average Bonchev–Trinajstić information content (AvgIpc) is 2.91. The molecule has 0 spiro atoms. The van der Waals surface area contributed by atoms with Gasteiger partial charge in [-0.15, -0.1) is 23.1 Å². The van der Waals surface area contributed by atoms with Crippen LogP contribution in [0, 0.1) is 0 Å². The first-order chi connectivity index (χ1) is 9.72. The zero-order chi connectivity index (χ0) is 14.1. The molecule has 2 aromatic rings. The molecule has 108 valence electrons. The third kappa shape index (κ3) is 2.82. The van der Waals surface area contributed by atoms with E-state index in [0.717, 1.165) is 28.9 Å². The van der Waals surface area contributed by atoms with Crippen LogP contribution in [0.1, 0.15) is 36.2 Å². The van der Waals surface area contributed by atoms with Gasteiger partial charge in [-0.1, -0.05) is 25.4 Å². The maximum atomic E-state index is 6.38. The molecular formula is C14H17ClN2S3. The molecule has 1 fully saturated rings. The van der Waals surface area contributed by atoms with E-state index in [1.54, 1.807) is 11.3 Å². The minimum Gasteiger partial charge on any atom is -0.221 e. The molecule has 1 aliphatic heterocycles. The average molecular weight is 345 g/mol. The molecule has 0 aromatic carbocycles. The summed E-state index contributed by atoms with van der Waals surface area (Å²) >= 11 is 12.2. The molecule has 0 radical (unpaired) electrons. The van der Waals surface area contributed by atoms with Crippen molar-refractivity contribution in [3.8, 4) is 0 Å². The van der Waals surface area contributed by atoms with Crippen molar-refractivity contribution in [2.45, 2.75) is 37.2 Å². The van der Waals surface area contributed by atoms with Gasteiger partial charge in [-0.05, 0) is 18.9 Å². The van der Waals surface area contributed by atoms with Crippen LogP contribution in [0.25, 0.3) is 10.2 Å². The fourth-order valence-corrected chi connectivity index (χ4v) is 6.65. The van der Waals surface area contributed by atoms with E-state index in [9.17, 15) is 0 Å². The van der Waals surface area contributed by atoms with Crippen molar-refractivity contribution in [3.05, 3.63) is 21.9 Å². The molecule has 1 aliphatic rings. The van der Waals surface area contributed by atoms with E-state index in [-0.39, 0.29) is 0 Å². The van der Waals surface area contributed by atoms with Crippen LogP contribution < -0.4 is 0 Å². The highest BCUT2D eigenvalue weighted by atomic mass is 35.5. The lowest BCUT2D eigenvalue weighted by molar-refractivity contribution is 0.755. The van der Waals surface area contributed by atoms with Gasteiger partial charge in [0.1, 0.15) is 15.8 Å². The Kier molecular flexibility index (Phi) is 4.80. The van der Waals surface area contributed by atoms with E-state index < -0.39 is 0 Å². The molecule has 2 atom stereocenters. The Balaban J connectivity index is 2.02. The van der Waals surface area contributed by atoms with E-state index in [1.807, 2.05) is 23.5 Å². The minimum atomic E-state index is 0.382. The van der Waals surface area contributed by atoms with Crippen LogP contribution >= 0.6 is 46.5 Å². The summed E-state index contributed by atoms with van der Waals surface area (Å²) in [5.41, 5.74) is 0. The Morgan fingerprint density at radius 3 is 2.80 bits per heavy atom. The van der Waals surface area contributed by atoms with Crippen molar-refractivity contribution < 1.29 is 0 Å². The van der Waals surface area contributed by atoms with E-state index in [0.29, 0.717) is 15.7 Å². The Morgan fingerprint density at radius 1 is 1.25 bits per heavy atom. The van der Waals surface area contributed by atoms with Crippen LogP contribution in [0.3, 0.4) is 0 Å². The fourth-order valence-electron chi connectivity index (χ4n) is 2.40. The number of fused-ring (bicyclic) bond motifs is 1. The number of hydrogen-bond donors (Lipinski definition) is 0. The second-order valence-electron chi connectivity index (χ2n) is 4.77. The van der Waals surface area contributed by atoms with Gasteiger partial charge in [0.15, 0.2) is 0 Å². The molecule has 3 heterocycles. The predicted molar refractivity (Wildman–Crippen MR) is 93.5 cm³/mol. The fraction of sp³-hybridized carbons (Fsp3) is 0.571. The van der Waals surface area contributed by atoms with Gasteiger partial charge in [0, 0.05) is 27.0 Å². The minimum absolute atomic E-state index is 0.382. The zero-order valence-electron chi connectivity index (χ0n) is 11.6. The third-order valence-electron chi connectivity index (χ3n) is 3.47. The predicted octanol–water partition coefficient (Wildman–Crippen LogP) is 5.21. The molecule has 2 nitrogen and oxygen atoms in total. The van der Waals surface area contributed by atoms with Crippen LogP contribution in [0.2, 0.25) is 5.15 Å². The summed E-state index contributed by atoms with van der Waals surface area (Å²) in [6.45, 7) is 4.41. The Morgan fingerprint density at radius 2 is 2.05 bits per heavy atom. The number of hydrogen-bond acceptors (Lipinski definition) is 5. The molecular weight excluding hydrogens is 328 g/mol. The lowest BCUT2D eigenvalue weighted by Gasteiger charge is -2.28. The highest BCUT2D eigenvalue weighted by Gasteiger charge is 2.29. The zero-order valence-corrected chi connectivity index (χ0v) is 14.8. The number of thioether (sulfide) groups is 2. The molecule has 2 unspecified atom stereocenters. The second kappa shape index (κ2) is 6.42. The first-order valence-electron chi connectivity index (χ1n) is 6.92. The number of thiophene rings is 1. The van der Waals surface area contributed by atoms with Crippen molar-refractivity contribution >= 4 is 56.7 Å². The largest absolute Gasteiger partial charge is 0.221 e. The molecule has 1 saturated heterocycles. The number of rotatable bonds is 3. The van der Waals surface area contributed by atoms with Crippen molar-refractivity contribution in [2.24, 2.45) is 0 Å². The topological polar surface area (TPSA) is 25.8 Å². The molecule has 20 heavy (non-hydrogen) atoms. The van der Waals surface area contributed by atoms with Crippen molar-refractivity contribution in [1.82, 2.24) is 9.97 Å². The number of halogens is 1. The van der Waals surface area contributed by atoms with Gasteiger partial charge in [0.05, 0.1) is 5.25 Å². The van der Waals surface area contributed by atoms with Crippen LogP contribution in [0.4, 0.5) is 0 Å². The summed E-state index contributed by atoms with van der Waals surface area (Å²) in [6, 6.07) is 2.13. The molecule has 0 aliphatic carbocycles. The molecule has 0 saturated carbocycles. The monoisotopic (exact) mass is 344 g/mol. The molecule has 6 heteroatoms. The molecule has 3 rings (SSSR count). The first-order valence-corrected chi connectivity index (χ1v) is 10.2. The standard InChI is InChI=1S/C14H17ClN2S3/c1-3-8-7-9-12(15)16-13(17-14(9)20-8)11-10(4-2)18-5-6-19-11/h7,10-11H,3-6H2,1-2H3. The van der Waals surface area contributed by atoms with Crippen LogP contribution in [-0.2, 0) is 6.42 Å². The van der Waals surface area contributed by atoms with Crippen LogP contribution in [0.15, 0.2) is 6.07 Å². The Hall–Kier alpha value is 0.0300. The molecule has 0 N–H and O–H groups in total. The van der Waals surface area contributed by atoms with E-state index in [1.165, 1.54) is 16.4 Å². The van der Waals surface area contributed by atoms with Gasteiger partial charge in [-0.2, -0.15) is 11.8 Å². The van der Waals surface area contributed by atoms with E-state index >= 15 is 0 Å². The van der Waals surface area contributed by atoms with Crippen molar-refractivity contribution in [2.75, 3.05) is 11.5 Å². The van der Waals surface area contributed by atoms with Gasteiger partial charge < -0.3 is 0 Å². The highest BCUT2D eigenvalue weighted by Crippen LogP contribution is 2.44. The summed E-state index contributed by atoms with van der Waals surface area (Å²) in [6.07, 6.45) is 2.18. The summed E-state index contributed by atoms with van der Waals surface area (Å²) in [4.78, 5) is 11.8. The van der Waals surface area contributed by atoms with Gasteiger partial charge in [-0.25, -0.2) is 9.97 Å². The first kappa shape index (κ1) is 14.9. The lowest BCUT2D eigenvalue weighted by atomic mass is 10.2. The van der Waals surface area contributed by atoms with Crippen molar-refractivity contribution in [1.29, 1.82) is 0 Å². The normalized spacial score (nSPS) is 23.4. The van der Waals surface area contributed by atoms with Gasteiger partial charge in [0.25, 0.3) is 0 Å². The summed E-state index contributed by atoms with van der Waals surface area (Å²) in [5, 5.41) is 2.62. The summed E-state index contributed by atoms with van der Waals surface area (Å²) < 4.78 is 0. The van der Waals surface area contributed by atoms with Crippen LogP contribution in [0.5, 0.6) is 0 Å². The number of aryl methyl sites for hydroxylation is 1. The maximum Gasteiger partial charge on any atom is 0.145 e. The molecule has 0 bridgehead atoms. The Bertz CT molecular complexity index is 614. The maximum absolute atomic E-state index is 6.38. The van der Waals surface area contributed by atoms with Crippen LogP contribution in [-0.4, -0.2) is 26.7 Å². The Labute approximate surface area is 137 Å². The van der Waals surface area contributed by atoms with Gasteiger partial charge >= 0.3 is 0 Å². The van der Waals surface area contributed by atoms with E-state index in [2.05, 4.69) is 24.9 Å².